The van der Waals surface area contributed by atoms with Crippen molar-refractivity contribution in [3.63, 3.8) is 0 Å². The maximum atomic E-state index is 13.5. The molecule has 1 atom stereocenters. The van der Waals surface area contributed by atoms with Gasteiger partial charge in [0.05, 0.1) is 19.7 Å². The summed E-state index contributed by atoms with van der Waals surface area (Å²) in [6.45, 7) is 2.60. The summed E-state index contributed by atoms with van der Waals surface area (Å²) in [5.41, 5.74) is 0.537. The molecule has 2 aliphatic rings. The van der Waals surface area contributed by atoms with Gasteiger partial charge in [-0.25, -0.2) is 14.8 Å². The number of piperazine rings is 1. The van der Waals surface area contributed by atoms with Crippen LogP contribution in [0.4, 0.5) is 10.6 Å². The molecule has 3 amide bonds. The molecule has 0 unspecified atom stereocenters. The highest BCUT2D eigenvalue weighted by Crippen LogP contribution is 2.25. The minimum atomic E-state index is -1.16. The first-order chi connectivity index (χ1) is 21.2. The number of benzene rings is 1. The number of ether oxygens (including phenoxy) is 1. The van der Waals surface area contributed by atoms with Crippen LogP contribution in [0.5, 0.6) is 0 Å². The molecule has 2 fully saturated rings. The Labute approximate surface area is 255 Å². The number of nitrogens with zero attached hydrogens (tertiary/aromatic N) is 4. The minimum absolute atomic E-state index is 0.0846. The van der Waals surface area contributed by atoms with Gasteiger partial charge in [-0.2, -0.15) is 0 Å². The van der Waals surface area contributed by atoms with E-state index in [0.29, 0.717) is 5.56 Å². The fourth-order valence-corrected chi connectivity index (χ4v) is 5.16. The third-order valence-electron chi connectivity index (χ3n) is 7.48. The Balaban J connectivity index is 1.51. The third kappa shape index (κ3) is 9.20. The van der Waals surface area contributed by atoms with Crippen LogP contribution in [0.3, 0.4) is 0 Å². The summed E-state index contributed by atoms with van der Waals surface area (Å²) in [5, 5.41) is 16.2. The number of anilines is 1. The summed E-state index contributed by atoms with van der Waals surface area (Å²) in [6.07, 6.45) is 3.27. The first kappa shape index (κ1) is 32.3. The number of carbonyl (C=O) groups excluding carboxylic acids is 4. The van der Waals surface area contributed by atoms with Gasteiger partial charge in [0.15, 0.2) is 5.82 Å². The number of hydroxylamine groups is 2. The molecule has 14 heteroatoms. The number of aliphatic carboxylic acids is 1. The molecular weight excluding hydrogens is 572 g/mol. The number of aromatic nitrogens is 2. The molecule has 4 rings (SSSR count). The lowest BCUT2D eigenvalue weighted by Crippen LogP contribution is -2.55. The molecule has 2 heterocycles. The van der Waals surface area contributed by atoms with E-state index >= 15 is 0 Å². The Morgan fingerprint density at radius 2 is 1.70 bits per heavy atom. The van der Waals surface area contributed by atoms with Crippen molar-refractivity contribution in [2.75, 3.05) is 38.1 Å². The van der Waals surface area contributed by atoms with Crippen molar-refractivity contribution >= 4 is 35.7 Å². The monoisotopic (exact) mass is 610 g/mol. The van der Waals surface area contributed by atoms with E-state index in [1.807, 2.05) is 6.07 Å². The molecule has 2 aromatic rings. The zero-order chi connectivity index (χ0) is 31.5. The molecular formula is C30H38N6O8. The lowest BCUT2D eigenvalue weighted by Gasteiger charge is -2.35. The third-order valence-corrected chi connectivity index (χ3v) is 7.48. The summed E-state index contributed by atoms with van der Waals surface area (Å²) >= 11 is 0. The van der Waals surface area contributed by atoms with E-state index in [1.54, 1.807) is 31.2 Å². The van der Waals surface area contributed by atoms with Crippen LogP contribution in [0, 0.1) is 5.92 Å². The maximum absolute atomic E-state index is 13.5. The largest absolute Gasteiger partial charge is 0.527 e. The summed E-state index contributed by atoms with van der Waals surface area (Å²) in [6, 6.07) is 9.16. The maximum Gasteiger partial charge on any atom is 0.527 e. The summed E-state index contributed by atoms with van der Waals surface area (Å²) in [7, 11) is 0. The van der Waals surface area contributed by atoms with Gasteiger partial charge in [-0.3, -0.25) is 19.2 Å². The van der Waals surface area contributed by atoms with Crippen LogP contribution in [-0.4, -0.2) is 93.7 Å². The molecule has 0 bridgehead atoms. The highest BCUT2D eigenvalue weighted by Gasteiger charge is 2.31. The number of nitrogens with one attached hydrogen (secondary N) is 2. The summed E-state index contributed by atoms with van der Waals surface area (Å²) in [4.78, 5) is 78.4. The number of carbonyl (C=O) groups is 5. The van der Waals surface area contributed by atoms with Crippen LogP contribution in [0.1, 0.15) is 62.4 Å². The molecule has 1 aromatic heterocycles. The SMILES string of the molecule is CCOC(=O)ON1CCN(C(=O)[C@H](CCC(=O)O)NC(=O)c2cc(NC(=O)C3CCCCC3)nc(-c3ccccc3)n2)CC1. The normalized spacial score (nSPS) is 16.4. The van der Waals surface area contributed by atoms with Gasteiger partial charge in [0.1, 0.15) is 17.6 Å². The van der Waals surface area contributed by atoms with Gasteiger partial charge >= 0.3 is 12.1 Å². The minimum Gasteiger partial charge on any atom is -0.481 e. The van der Waals surface area contributed by atoms with Gasteiger partial charge in [0.2, 0.25) is 11.8 Å². The van der Waals surface area contributed by atoms with E-state index in [0.717, 1.165) is 32.1 Å². The number of hydrogen-bond acceptors (Lipinski definition) is 10. The summed E-state index contributed by atoms with van der Waals surface area (Å²) in [5.74, 6) is -2.25. The molecule has 236 valence electrons. The van der Waals surface area contributed by atoms with Crippen LogP contribution in [0.2, 0.25) is 0 Å². The lowest BCUT2D eigenvalue weighted by molar-refractivity contribution is -0.157. The fourth-order valence-electron chi connectivity index (χ4n) is 5.16. The second-order valence-electron chi connectivity index (χ2n) is 10.6. The Kier molecular flexibility index (Phi) is 11.6. The van der Waals surface area contributed by atoms with Crippen LogP contribution >= 0.6 is 0 Å². The van der Waals surface area contributed by atoms with Crippen molar-refractivity contribution in [2.24, 2.45) is 5.92 Å². The highest BCUT2D eigenvalue weighted by atomic mass is 16.8. The second kappa shape index (κ2) is 15.8. The van der Waals surface area contributed by atoms with Crippen molar-refractivity contribution in [1.82, 2.24) is 25.2 Å². The first-order valence-corrected chi connectivity index (χ1v) is 14.9. The quantitative estimate of drug-likeness (QED) is 0.318. The Hall–Kier alpha value is -4.59. The number of carboxylic acids is 1. The predicted molar refractivity (Wildman–Crippen MR) is 157 cm³/mol. The molecule has 1 aromatic carbocycles. The van der Waals surface area contributed by atoms with Crippen molar-refractivity contribution in [3.05, 3.63) is 42.1 Å². The molecule has 1 aliphatic heterocycles. The Bertz CT molecular complexity index is 1330. The van der Waals surface area contributed by atoms with Crippen molar-refractivity contribution < 1.29 is 38.7 Å². The van der Waals surface area contributed by atoms with Gasteiger partial charge in [-0.1, -0.05) is 49.6 Å². The average Bonchev–Trinajstić information content (AvgIpc) is 3.03. The van der Waals surface area contributed by atoms with Crippen molar-refractivity contribution in [1.29, 1.82) is 0 Å². The van der Waals surface area contributed by atoms with Gasteiger partial charge in [-0.05, 0) is 26.2 Å². The highest BCUT2D eigenvalue weighted by molar-refractivity contribution is 5.98. The molecule has 0 spiro atoms. The molecule has 1 aliphatic carbocycles. The van der Waals surface area contributed by atoms with Gasteiger partial charge in [0, 0.05) is 37.1 Å². The Morgan fingerprint density at radius 3 is 2.36 bits per heavy atom. The van der Waals surface area contributed by atoms with Crippen LogP contribution in [-0.2, 0) is 24.0 Å². The zero-order valence-corrected chi connectivity index (χ0v) is 24.7. The fraction of sp³-hybridized carbons (Fsp3) is 0.500. The van der Waals surface area contributed by atoms with Crippen molar-refractivity contribution in [2.45, 2.75) is 57.9 Å². The number of hydrogen-bond donors (Lipinski definition) is 3. The number of amides is 3. The lowest BCUT2D eigenvalue weighted by atomic mass is 9.89. The van der Waals surface area contributed by atoms with E-state index in [9.17, 15) is 29.1 Å². The van der Waals surface area contributed by atoms with Gasteiger partial charge in [0.25, 0.3) is 5.91 Å². The topological polar surface area (TPSA) is 180 Å². The van der Waals surface area contributed by atoms with E-state index in [2.05, 4.69) is 20.6 Å². The van der Waals surface area contributed by atoms with Gasteiger partial charge in [-0.15, -0.1) is 5.06 Å². The van der Waals surface area contributed by atoms with Crippen LogP contribution < -0.4 is 10.6 Å². The van der Waals surface area contributed by atoms with Crippen LogP contribution in [0.15, 0.2) is 36.4 Å². The predicted octanol–water partition coefficient (Wildman–Crippen LogP) is 2.86. The van der Waals surface area contributed by atoms with Gasteiger partial charge < -0.3 is 30.2 Å². The number of rotatable bonds is 11. The molecule has 3 N–H and O–H groups in total. The summed E-state index contributed by atoms with van der Waals surface area (Å²) < 4.78 is 4.77. The molecule has 0 radical (unpaired) electrons. The molecule has 1 saturated carbocycles. The standard InChI is InChI=1S/C30H38N6O8/c1-2-43-30(42)44-36-17-15-35(16-18-36)29(41)22(13-14-25(37)38)32-28(40)23-19-24(34-27(39)21-11-7-4-8-12-21)33-26(31-23)20-9-5-3-6-10-20/h3,5-6,9-10,19,21-22H,2,4,7-8,11-18H2,1H3,(H,32,40)(H,37,38)(H,31,33,34,39)/t22-/m0/s1. The second-order valence-corrected chi connectivity index (χ2v) is 10.6. The molecule has 14 nitrogen and oxygen atoms in total. The smallest absolute Gasteiger partial charge is 0.481 e. The van der Waals surface area contributed by atoms with Crippen molar-refractivity contribution in [3.8, 4) is 11.4 Å². The van der Waals surface area contributed by atoms with E-state index < -0.39 is 30.0 Å². The zero-order valence-electron chi connectivity index (χ0n) is 24.7. The Morgan fingerprint density at radius 1 is 1.00 bits per heavy atom. The number of carboxylic acid groups (broad SMARTS) is 1. The van der Waals surface area contributed by atoms with E-state index in [4.69, 9.17) is 9.57 Å². The van der Waals surface area contributed by atoms with Crippen LogP contribution in [0.25, 0.3) is 11.4 Å². The molecule has 44 heavy (non-hydrogen) atoms. The van der Waals surface area contributed by atoms with E-state index in [1.165, 1.54) is 16.0 Å². The first-order valence-electron chi connectivity index (χ1n) is 14.9. The van der Waals surface area contributed by atoms with E-state index in [-0.39, 0.29) is 74.8 Å². The average molecular weight is 611 g/mol. The molecule has 1 saturated heterocycles.